The van der Waals surface area contributed by atoms with Crippen molar-refractivity contribution in [3.05, 3.63) is 58.3 Å². The normalized spacial score (nSPS) is 10.3. The second-order valence-corrected chi connectivity index (χ2v) is 6.63. The first-order valence-corrected chi connectivity index (χ1v) is 8.60. The van der Waals surface area contributed by atoms with E-state index >= 15 is 0 Å². The average Bonchev–Trinajstić information content (AvgIpc) is 2.55. The van der Waals surface area contributed by atoms with Gasteiger partial charge < -0.3 is 10.1 Å². The van der Waals surface area contributed by atoms with Gasteiger partial charge in [-0.05, 0) is 55.9 Å². The topological polar surface area (TPSA) is 63.2 Å². The largest absolute Gasteiger partial charge is 0.490 e. The first kappa shape index (κ1) is 18.4. The lowest BCUT2D eigenvalue weighted by Gasteiger charge is -2.15. The SMILES string of the molecule is CC(C)Oc1ccc(Br)cc1C(=O)NC(=S)NCc1cccnc1. The highest BCUT2D eigenvalue weighted by molar-refractivity contribution is 9.10. The van der Waals surface area contributed by atoms with Gasteiger partial charge in [0.05, 0.1) is 11.7 Å². The molecule has 0 bridgehead atoms. The van der Waals surface area contributed by atoms with E-state index in [2.05, 4.69) is 31.5 Å². The van der Waals surface area contributed by atoms with E-state index in [1.165, 1.54) is 0 Å². The molecule has 1 aromatic carbocycles. The molecule has 0 unspecified atom stereocenters. The number of nitrogens with one attached hydrogen (secondary N) is 2. The number of pyridine rings is 1. The number of aromatic nitrogens is 1. The van der Waals surface area contributed by atoms with Crippen molar-refractivity contribution < 1.29 is 9.53 Å². The Morgan fingerprint density at radius 1 is 1.38 bits per heavy atom. The summed E-state index contributed by atoms with van der Waals surface area (Å²) in [6, 6.07) is 9.05. The van der Waals surface area contributed by atoms with Gasteiger partial charge in [-0.25, -0.2) is 0 Å². The number of benzene rings is 1. The molecule has 2 N–H and O–H groups in total. The number of nitrogens with zero attached hydrogens (tertiary/aromatic N) is 1. The molecule has 0 atom stereocenters. The van der Waals surface area contributed by atoms with Crippen molar-refractivity contribution in [3.63, 3.8) is 0 Å². The van der Waals surface area contributed by atoms with Gasteiger partial charge in [0.1, 0.15) is 5.75 Å². The monoisotopic (exact) mass is 407 g/mol. The summed E-state index contributed by atoms with van der Waals surface area (Å²) in [7, 11) is 0. The second kappa shape index (κ2) is 8.75. The van der Waals surface area contributed by atoms with Crippen molar-refractivity contribution in [2.24, 2.45) is 0 Å². The third kappa shape index (κ3) is 5.58. The van der Waals surface area contributed by atoms with E-state index in [1.807, 2.05) is 32.0 Å². The maximum Gasteiger partial charge on any atom is 0.261 e. The van der Waals surface area contributed by atoms with E-state index in [4.69, 9.17) is 17.0 Å². The van der Waals surface area contributed by atoms with Gasteiger partial charge in [0.2, 0.25) is 0 Å². The van der Waals surface area contributed by atoms with Crippen LogP contribution in [0.5, 0.6) is 5.75 Å². The quantitative estimate of drug-likeness (QED) is 0.743. The number of halogens is 1. The van der Waals surface area contributed by atoms with E-state index in [9.17, 15) is 4.79 Å². The number of carbonyl (C=O) groups excluding carboxylic acids is 1. The summed E-state index contributed by atoms with van der Waals surface area (Å²) >= 11 is 8.54. The van der Waals surface area contributed by atoms with Crippen molar-refractivity contribution in [2.75, 3.05) is 0 Å². The number of rotatable bonds is 5. The van der Waals surface area contributed by atoms with Gasteiger partial charge in [0.25, 0.3) is 5.91 Å². The lowest BCUT2D eigenvalue weighted by Crippen LogP contribution is -2.39. The highest BCUT2D eigenvalue weighted by atomic mass is 79.9. The van der Waals surface area contributed by atoms with Crippen LogP contribution < -0.4 is 15.4 Å². The lowest BCUT2D eigenvalue weighted by molar-refractivity contribution is 0.0971. The van der Waals surface area contributed by atoms with E-state index in [-0.39, 0.29) is 17.1 Å². The average molecular weight is 408 g/mol. The molecule has 126 valence electrons. The third-order valence-electron chi connectivity index (χ3n) is 2.95. The predicted octanol–water partition coefficient (Wildman–Crippen LogP) is 3.44. The third-order valence-corrected chi connectivity index (χ3v) is 3.69. The van der Waals surface area contributed by atoms with Crippen molar-refractivity contribution in [3.8, 4) is 5.75 Å². The first-order valence-electron chi connectivity index (χ1n) is 7.40. The van der Waals surface area contributed by atoms with Crippen LogP contribution in [-0.2, 0) is 6.54 Å². The molecule has 1 aromatic heterocycles. The van der Waals surface area contributed by atoms with Gasteiger partial charge in [0, 0.05) is 23.4 Å². The number of hydrogen-bond donors (Lipinski definition) is 2. The van der Waals surface area contributed by atoms with E-state index in [0.29, 0.717) is 17.9 Å². The Balaban J connectivity index is 2.01. The predicted molar refractivity (Wildman–Crippen MR) is 101 cm³/mol. The van der Waals surface area contributed by atoms with Crippen molar-refractivity contribution in [1.29, 1.82) is 0 Å². The Labute approximate surface area is 154 Å². The van der Waals surface area contributed by atoms with Gasteiger partial charge in [-0.15, -0.1) is 0 Å². The van der Waals surface area contributed by atoms with Crippen LogP contribution in [0, 0.1) is 0 Å². The summed E-state index contributed by atoms with van der Waals surface area (Å²) in [6.45, 7) is 4.30. The molecule has 0 saturated carbocycles. The molecule has 7 heteroatoms. The fourth-order valence-electron chi connectivity index (χ4n) is 1.94. The molecule has 0 fully saturated rings. The summed E-state index contributed by atoms with van der Waals surface area (Å²) < 4.78 is 6.47. The second-order valence-electron chi connectivity index (χ2n) is 5.31. The number of carbonyl (C=O) groups is 1. The van der Waals surface area contributed by atoms with Gasteiger partial charge >= 0.3 is 0 Å². The minimum Gasteiger partial charge on any atom is -0.490 e. The van der Waals surface area contributed by atoms with Crippen LogP contribution in [0.15, 0.2) is 47.2 Å². The standard InChI is InChI=1S/C17H18BrN3O2S/c1-11(2)23-15-6-5-13(18)8-14(15)16(22)21-17(24)20-10-12-4-3-7-19-9-12/h3-9,11H,10H2,1-2H3,(H2,20,21,22,24). The molecule has 1 heterocycles. The molecule has 0 aliphatic heterocycles. The van der Waals surface area contributed by atoms with E-state index < -0.39 is 0 Å². The van der Waals surface area contributed by atoms with Crippen molar-refractivity contribution >= 4 is 39.2 Å². The Hall–Kier alpha value is -1.99. The Bertz CT molecular complexity index is 723. The highest BCUT2D eigenvalue weighted by Gasteiger charge is 2.15. The zero-order chi connectivity index (χ0) is 17.5. The maximum atomic E-state index is 12.5. The molecule has 0 radical (unpaired) electrons. The van der Waals surface area contributed by atoms with Crippen molar-refractivity contribution in [2.45, 2.75) is 26.5 Å². The van der Waals surface area contributed by atoms with Crippen molar-refractivity contribution in [1.82, 2.24) is 15.6 Å². The van der Waals surface area contributed by atoms with Gasteiger partial charge in [-0.2, -0.15) is 0 Å². The molecule has 0 aliphatic rings. The van der Waals surface area contributed by atoms with Crippen LogP contribution in [-0.4, -0.2) is 22.1 Å². The number of ether oxygens (including phenoxy) is 1. The summed E-state index contributed by atoms with van der Waals surface area (Å²) in [6.07, 6.45) is 3.40. The summed E-state index contributed by atoms with van der Waals surface area (Å²) in [5, 5.41) is 5.90. The molecule has 1 amide bonds. The van der Waals surface area contributed by atoms with E-state index in [1.54, 1.807) is 24.5 Å². The zero-order valence-corrected chi connectivity index (χ0v) is 15.8. The zero-order valence-electron chi connectivity index (χ0n) is 13.4. The number of amides is 1. The van der Waals surface area contributed by atoms with Crippen LogP contribution in [0.2, 0.25) is 0 Å². The molecular formula is C17H18BrN3O2S. The molecule has 0 spiro atoms. The molecule has 2 rings (SSSR count). The minimum atomic E-state index is -0.323. The highest BCUT2D eigenvalue weighted by Crippen LogP contribution is 2.24. The lowest BCUT2D eigenvalue weighted by atomic mass is 10.2. The van der Waals surface area contributed by atoms with Crippen LogP contribution in [0.3, 0.4) is 0 Å². The Kier molecular flexibility index (Phi) is 6.69. The fourth-order valence-corrected chi connectivity index (χ4v) is 2.46. The van der Waals surface area contributed by atoms with Gasteiger partial charge in [0.15, 0.2) is 5.11 Å². The molecule has 0 saturated heterocycles. The molecular weight excluding hydrogens is 390 g/mol. The molecule has 2 aromatic rings. The van der Waals surface area contributed by atoms with Crippen LogP contribution in [0.4, 0.5) is 0 Å². The maximum absolute atomic E-state index is 12.5. The van der Waals surface area contributed by atoms with Gasteiger partial charge in [-0.3, -0.25) is 15.1 Å². The first-order chi connectivity index (χ1) is 11.5. The number of hydrogen-bond acceptors (Lipinski definition) is 4. The Morgan fingerprint density at radius 2 is 2.17 bits per heavy atom. The van der Waals surface area contributed by atoms with Crippen LogP contribution >= 0.6 is 28.1 Å². The van der Waals surface area contributed by atoms with E-state index in [0.717, 1.165) is 10.0 Å². The summed E-state index contributed by atoms with van der Waals surface area (Å²) in [5.41, 5.74) is 1.39. The summed E-state index contributed by atoms with van der Waals surface area (Å²) in [4.78, 5) is 16.5. The Morgan fingerprint density at radius 3 is 2.83 bits per heavy atom. The molecule has 5 nitrogen and oxygen atoms in total. The molecule has 0 aliphatic carbocycles. The summed E-state index contributed by atoms with van der Waals surface area (Å²) in [5.74, 6) is 0.191. The smallest absolute Gasteiger partial charge is 0.261 e. The number of thiocarbonyl (C=S) groups is 1. The van der Waals surface area contributed by atoms with Gasteiger partial charge in [-0.1, -0.05) is 22.0 Å². The fraction of sp³-hybridized carbons (Fsp3) is 0.235. The van der Waals surface area contributed by atoms with Crippen LogP contribution in [0.25, 0.3) is 0 Å². The minimum absolute atomic E-state index is 0.0339. The molecule has 24 heavy (non-hydrogen) atoms. The van der Waals surface area contributed by atoms with Crippen LogP contribution in [0.1, 0.15) is 29.8 Å².